The molecule has 5 heteroatoms. The summed E-state index contributed by atoms with van der Waals surface area (Å²) in [5.74, 6) is 0.708. The van der Waals surface area contributed by atoms with E-state index in [4.69, 9.17) is 14.2 Å². The Morgan fingerprint density at radius 1 is 0.667 bits per heavy atom. The topological polar surface area (TPSA) is 61.8 Å². The van der Waals surface area contributed by atoms with Crippen molar-refractivity contribution in [3.63, 3.8) is 0 Å². The van der Waals surface area contributed by atoms with E-state index in [9.17, 15) is 9.59 Å². The van der Waals surface area contributed by atoms with E-state index in [-0.39, 0.29) is 23.8 Å². The predicted octanol–water partition coefficient (Wildman–Crippen LogP) is 12.0. The first-order valence-electron chi connectivity index (χ1n) is 18.5. The lowest BCUT2D eigenvalue weighted by molar-refractivity contribution is -0.148. The molecule has 0 spiro atoms. The van der Waals surface area contributed by atoms with Crippen LogP contribution in [0.25, 0.3) is 6.08 Å². The van der Waals surface area contributed by atoms with Gasteiger partial charge in [-0.15, -0.1) is 0 Å². The van der Waals surface area contributed by atoms with Crippen LogP contribution >= 0.6 is 0 Å². The van der Waals surface area contributed by atoms with Crippen molar-refractivity contribution in [3.05, 3.63) is 41.7 Å². The molecule has 260 valence electrons. The second kappa shape index (κ2) is 31.7. The highest BCUT2D eigenvalue weighted by molar-refractivity contribution is 5.91. The molecule has 1 atom stereocenters. The second-order valence-electron chi connectivity index (χ2n) is 12.8. The number of unbranched alkanes of at least 4 members (excludes halogenated alkanes) is 13. The zero-order chi connectivity index (χ0) is 33.4. The molecule has 1 rings (SSSR count). The van der Waals surface area contributed by atoms with Crippen molar-refractivity contribution in [3.8, 4) is 0 Å². The molecule has 0 saturated carbocycles. The number of benzene rings is 1. The van der Waals surface area contributed by atoms with Gasteiger partial charge in [0.1, 0.15) is 6.10 Å². The van der Waals surface area contributed by atoms with Gasteiger partial charge in [0.15, 0.2) is 0 Å². The van der Waals surface area contributed by atoms with Gasteiger partial charge in [0, 0.05) is 6.42 Å². The van der Waals surface area contributed by atoms with Gasteiger partial charge in [0.25, 0.3) is 0 Å². The fraction of sp³-hybridized carbons (Fsp3) is 0.750. The van der Waals surface area contributed by atoms with Gasteiger partial charge in [-0.2, -0.15) is 0 Å². The second-order valence-corrected chi connectivity index (χ2v) is 12.8. The lowest BCUT2D eigenvalue weighted by atomic mass is 10.0. The van der Waals surface area contributed by atoms with Gasteiger partial charge in [-0.3, -0.25) is 4.79 Å². The molecule has 0 aromatic heterocycles. The summed E-state index contributed by atoms with van der Waals surface area (Å²) in [6.07, 6.45) is 26.4. The van der Waals surface area contributed by atoms with Gasteiger partial charge in [-0.1, -0.05) is 168 Å². The van der Waals surface area contributed by atoms with Gasteiger partial charge in [-0.25, -0.2) is 4.79 Å². The minimum atomic E-state index is -0.379. The third kappa shape index (κ3) is 27.7. The molecular weight excluding hydrogens is 560 g/mol. The Bertz CT molecular complexity index is 832. The monoisotopic (exact) mass is 631 g/mol. The minimum Gasteiger partial charge on any atom is -0.490 e. The zero-order valence-electron chi connectivity index (χ0n) is 30.2. The highest BCUT2D eigenvalue weighted by atomic mass is 16.6. The molecule has 0 aliphatic heterocycles. The highest BCUT2D eigenvalue weighted by Gasteiger charge is 2.18. The number of rotatable bonds is 27. The number of esters is 2. The van der Waals surface area contributed by atoms with Crippen LogP contribution in [0.15, 0.2) is 36.1 Å². The molecule has 0 bridgehead atoms. The Morgan fingerprint density at radius 3 is 1.82 bits per heavy atom. The molecule has 0 N–H and O–H groups in total. The fourth-order valence-corrected chi connectivity index (χ4v) is 5.15. The van der Waals surface area contributed by atoms with Crippen molar-refractivity contribution >= 4 is 18.0 Å². The molecule has 0 amide bonds. The van der Waals surface area contributed by atoms with Crippen molar-refractivity contribution in [2.24, 2.45) is 5.92 Å². The lowest BCUT2D eigenvalue weighted by Crippen LogP contribution is -2.20. The Morgan fingerprint density at radius 2 is 1.24 bits per heavy atom. The van der Waals surface area contributed by atoms with Crippen LogP contribution in [0.4, 0.5) is 0 Å². The molecule has 0 aliphatic carbocycles. The summed E-state index contributed by atoms with van der Waals surface area (Å²) < 4.78 is 16.1. The summed E-state index contributed by atoms with van der Waals surface area (Å²) in [6.45, 7) is 11.7. The number of hydrogen-bond donors (Lipinski definition) is 0. The number of ether oxygens (including phenoxy) is 3. The van der Waals surface area contributed by atoms with Crippen LogP contribution in [0.2, 0.25) is 0 Å². The first-order chi connectivity index (χ1) is 21.9. The Kier molecular flexibility index (Phi) is 30.1. The summed E-state index contributed by atoms with van der Waals surface area (Å²) in [5.41, 5.74) is 0.923. The number of methoxy groups -OCH3 is 1. The molecule has 0 heterocycles. The van der Waals surface area contributed by atoms with Crippen LogP contribution in [0.1, 0.15) is 175 Å². The molecule has 0 saturated heterocycles. The summed E-state index contributed by atoms with van der Waals surface area (Å²) in [5, 5.41) is 0. The summed E-state index contributed by atoms with van der Waals surface area (Å²) >= 11 is 0. The van der Waals surface area contributed by atoms with Gasteiger partial charge >= 0.3 is 11.9 Å². The van der Waals surface area contributed by atoms with E-state index in [1.165, 1.54) is 90.6 Å². The van der Waals surface area contributed by atoms with E-state index in [0.717, 1.165) is 56.4 Å². The van der Waals surface area contributed by atoms with E-state index in [1.807, 2.05) is 30.3 Å². The molecule has 0 radical (unpaired) electrons. The van der Waals surface area contributed by atoms with E-state index in [2.05, 4.69) is 34.6 Å². The van der Waals surface area contributed by atoms with Crippen molar-refractivity contribution in [1.82, 2.24) is 0 Å². The van der Waals surface area contributed by atoms with E-state index < -0.39 is 0 Å². The van der Waals surface area contributed by atoms with Gasteiger partial charge in [-0.05, 0) is 43.2 Å². The van der Waals surface area contributed by atoms with Gasteiger partial charge < -0.3 is 14.2 Å². The summed E-state index contributed by atoms with van der Waals surface area (Å²) in [7, 11) is 1.50. The van der Waals surface area contributed by atoms with E-state index in [1.54, 1.807) is 6.08 Å². The standard InChI is InChI=1S/C22H44O2.C18H26O3/c1-4-5-6-7-8-9-10-13-16-19-22(23)24-20-17-14-11-12-15-18-21(2)3;1-4-6-13-16(10-5-2)21-18(19)17(20-3)14-15-11-8-7-9-12-15/h21H,4-20H2,1-3H3;7-9,11-12,14,16H,4-6,10,13H2,1-3H3. The van der Waals surface area contributed by atoms with Crippen molar-refractivity contribution in [2.45, 2.75) is 176 Å². The summed E-state index contributed by atoms with van der Waals surface area (Å²) in [4.78, 5) is 23.8. The van der Waals surface area contributed by atoms with Gasteiger partial charge in [0.05, 0.1) is 13.7 Å². The number of hydrogen-bond acceptors (Lipinski definition) is 5. The normalized spacial score (nSPS) is 11.9. The van der Waals surface area contributed by atoms with Crippen LogP contribution < -0.4 is 0 Å². The average Bonchev–Trinajstić information content (AvgIpc) is 3.03. The molecule has 5 nitrogen and oxygen atoms in total. The average molecular weight is 631 g/mol. The zero-order valence-corrected chi connectivity index (χ0v) is 30.2. The largest absolute Gasteiger partial charge is 0.490 e. The van der Waals surface area contributed by atoms with Crippen molar-refractivity contribution < 1.29 is 23.8 Å². The molecule has 0 fully saturated rings. The third-order valence-corrected chi connectivity index (χ3v) is 7.96. The van der Waals surface area contributed by atoms with Crippen molar-refractivity contribution in [2.75, 3.05) is 13.7 Å². The van der Waals surface area contributed by atoms with E-state index >= 15 is 0 Å². The molecule has 1 aromatic rings. The van der Waals surface area contributed by atoms with E-state index in [0.29, 0.717) is 13.0 Å². The Hall–Kier alpha value is -2.30. The predicted molar refractivity (Wildman–Crippen MR) is 191 cm³/mol. The van der Waals surface area contributed by atoms with Crippen LogP contribution in [0.5, 0.6) is 0 Å². The molecule has 45 heavy (non-hydrogen) atoms. The number of carbonyl (C=O) groups excluding carboxylic acids is 2. The molecular formula is C40H70O5. The lowest BCUT2D eigenvalue weighted by Gasteiger charge is -2.17. The molecule has 1 unspecified atom stereocenters. The fourth-order valence-electron chi connectivity index (χ4n) is 5.15. The first kappa shape index (κ1) is 42.7. The summed E-state index contributed by atoms with van der Waals surface area (Å²) in [6, 6.07) is 9.63. The van der Waals surface area contributed by atoms with Gasteiger partial charge in [0.2, 0.25) is 5.76 Å². The maximum Gasteiger partial charge on any atom is 0.373 e. The van der Waals surface area contributed by atoms with Crippen LogP contribution in [0, 0.1) is 5.92 Å². The third-order valence-electron chi connectivity index (χ3n) is 7.96. The smallest absolute Gasteiger partial charge is 0.373 e. The first-order valence-corrected chi connectivity index (χ1v) is 18.5. The quantitative estimate of drug-likeness (QED) is 0.0419. The van der Waals surface area contributed by atoms with Crippen LogP contribution in [-0.2, 0) is 23.8 Å². The highest BCUT2D eigenvalue weighted by Crippen LogP contribution is 2.16. The minimum absolute atomic E-state index is 0.0118. The van der Waals surface area contributed by atoms with Crippen LogP contribution in [0.3, 0.4) is 0 Å². The Labute approximate surface area is 278 Å². The SMILES string of the molecule is CCCCC(CCC)OC(=O)C(=Cc1ccccc1)OC.CCCCCCCCCCCC(=O)OCCCCCCCC(C)C. The number of carbonyl (C=O) groups is 2. The van der Waals surface area contributed by atoms with Crippen LogP contribution in [-0.4, -0.2) is 31.8 Å². The maximum absolute atomic E-state index is 12.2. The molecule has 0 aliphatic rings. The Balaban J connectivity index is 0.000000867. The molecule has 1 aromatic carbocycles. The van der Waals surface area contributed by atoms with Crippen molar-refractivity contribution in [1.29, 1.82) is 0 Å². The maximum atomic E-state index is 12.2.